The van der Waals surface area contributed by atoms with Crippen molar-refractivity contribution >= 4 is 40.2 Å². The summed E-state index contributed by atoms with van der Waals surface area (Å²) in [5.41, 5.74) is 2.44. The zero-order chi connectivity index (χ0) is 17.8. The molecule has 0 saturated heterocycles. The van der Waals surface area contributed by atoms with E-state index in [1.54, 1.807) is 17.4 Å². The van der Waals surface area contributed by atoms with Crippen LogP contribution in [-0.2, 0) is 11.2 Å². The summed E-state index contributed by atoms with van der Waals surface area (Å²) in [6.45, 7) is 0. The Balaban J connectivity index is 1.55. The highest BCUT2D eigenvalue weighted by molar-refractivity contribution is 7.08. The van der Waals surface area contributed by atoms with Crippen LogP contribution in [0, 0.1) is 0 Å². The number of amides is 1. The molecular weight excluding hydrogens is 360 g/mol. The first-order valence-electron chi connectivity index (χ1n) is 7.64. The summed E-state index contributed by atoms with van der Waals surface area (Å²) in [6.07, 6.45) is 0.630. The molecule has 0 fully saturated rings. The van der Waals surface area contributed by atoms with Gasteiger partial charge in [-0.1, -0.05) is 11.6 Å². The first kappa shape index (κ1) is 17.4. The maximum atomic E-state index is 12.1. The van der Waals surface area contributed by atoms with E-state index >= 15 is 0 Å². The second kappa shape index (κ2) is 7.67. The third-order valence-electron chi connectivity index (χ3n) is 3.51. The van der Waals surface area contributed by atoms with Crippen LogP contribution in [0.15, 0.2) is 39.4 Å². The molecule has 0 aliphatic heterocycles. The number of aryl methyl sites for hydroxylation is 1. The lowest BCUT2D eigenvalue weighted by molar-refractivity contribution is -0.116. The average molecular weight is 377 g/mol. The van der Waals surface area contributed by atoms with Gasteiger partial charge >= 0.3 is 0 Å². The van der Waals surface area contributed by atoms with Gasteiger partial charge in [-0.2, -0.15) is 11.3 Å². The fraction of sp³-hybridized carbons (Fsp3) is 0.235. The molecule has 25 heavy (non-hydrogen) atoms. The molecule has 0 spiro atoms. The predicted molar refractivity (Wildman–Crippen MR) is 100 cm³/mol. The van der Waals surface area contributed by atoms with Crippen LogP contribution in [0.25, 0.3) is 11.5 Å². The molecule has 2 aromatic heterocycles. The molecule has 0 bridgehead atoms. The maximum Gasteiger partial charge on any atom is 0.248 e. The molecule has 130 valence electrons. The van der Waals surface area contributed by atoms with Crippen molar-refractivity contribution in [3.63, 3.8) is 0 Å². The number of benzene rings is 1. The summed E-state index contributed by atoms with van der Waals surface area (Å²) in [5.74, 6) is 0.781. The van der Waals surface area contributed by atoms with Gasteiger partial charge in [0.15, 0.2) is 0 Å². The van der Waals surface area contributed by atoms with Crippen molar-refractivity contribution in [2.75, 3.05) is 24.3 Å². The van der Waals surface area contributed by atoms with E-state index in [-0.39, 0.29) is 12.3 Å². The number of carbonyl (C=O) groups is 1. The van der Waals surface area contributed by atoms with Crippen LogP contribution in [0.1, 0.15) is 12.3 Å². The van der Waals surface area contributed by atoms with Crippen molar-refractivity contribution in [2.24, 2.45) is 0 Å². The largest absolute Gasteiger partial charge is 0.421 e. The quantitative estimate of drug-likeness (QED) is 0.701. The molecule has 8 heteroatoms. The minimum absolute atomic E-state index is 0.135. The number of aromatic nitrogens is 2. The average Bonchev–Trinajstić information content (AvgIpc) is 3.24. The molecule has 1 aromatic carbocycles. The molecule has 2 heterocycles. The predicted octanol–water partition coefficient (Wildman–Crippen LogP) is 4.09. The van der Waals surface area contributed by atoms with E-state index in [0.717, 1.165) is 11.3 Å². The Kier molecular flexibility index (Phi) is 5.35. The van der Waals surface area contributed by atoms with Crippen LogP contribution in [0.3, 0.4) is 0 Å². The van der Waals surface area contributed by atoms with Gasteiger partial charge in [-0.3, -0.25) is 4.79 Å². The second-order valence-corrected chi connectivity index (χ2v) is 6.81. The van der Waals surface area contributed by atoms with Gasteiger partial charge in [0.1, 0.15) is 0 Å². The topological polar surface area (TPSA) is 71.3 Å². The highest BCUT2D eigenvalue weighted by Crippen LogP contribution is 2.27. The van der Waals surface area contributed by atoms with E-state index in [9.17, 15) is 4.79 Å². The summed E-state index contributed by atoms with van der Waals surface area (Å²) < 4.78 is 5.57. The Bertz CT molecular complexity index is 861. The Labute approximate surface area is 154 Å². The number of hydrogen-bond donors (Lipinski definition) is 1. The molecule has 0 aliphatic rings. The standard InChI is InChI=1S/C17H17ClN4O2S/c1-22(2)14-4-3-12(9-13(14)18)19-15(23)5-6-16-20-21-17(24-16)11-7-8-25-10-11/h3-4,7-10H,5-6H2,1-2H3,(H,19,23). The third kappa shape index (κ3) is 4.37. The summed E-state index contributed by atoms with van der Waals surface area (Å²) in [4.78, 5) is 14.0. The van der Waals surface area contributed by atoms with Gasteiger partial charge in [0.05, 0.1) is 10.7 Å². The minimum Gasteiger partial charge on any atom is -0.421 e. The first-order chi connectivity index (χ1) is 12.0. The number of rotatable bonds is 6. The molecule has 3 rings (SSSR count). The Morgan fingerprint density at radius 2 is 2.16 bits per heavy atom. The van der Waals surface area contributed by atoms with Crippen LogP contribution in [-0.4, -0.2) is 30.2 Å². The van der Waals surface area contributed by atoms with Crippen molar-refractivity contribution in [2.45, 2.75) is 12.8 Å². The van der Waals surface area contributed by atoms with Gasteiger partial charge < -0.3 is 14.6 Å². The van der Waals surface area contributed by atoms with Crippen LogP contribution < -0.4 is 10.2 Å². The number of nitrogens with one attached hydrogen (secondary N) is 1. The lowest BCUT2D eigenvalue weighted by atomic mass is 10.2. The SMILES string of the molecule is CN(C)c1ccc(NC(=O)CCc2nnc(-c3ccsc3)o2)cc1Cl. The Hall–Kier alpha value is -2.38. The van der Waals surface area contributed by atoms with Crippen LogP contribution >= 0.6 is 22.9 Å². The molecule has 0 saturated carbocycles. The van der Waals surface area contributed by atoms with E-state index < -0.39 is 0 Å². The molecule has 0 atom stereocenters. The maximum absolute atomic E-state index is 12.1. The van der Waals surface area contributed by atoms with E-state index in [1.165, 1.54) is 0 Å². The summed E-state index contributed by atoms with van der Waals surface area (Å²) in [5, 5.41) is 15.3. The Morgan fingerprint density at radius 1 is 1.32 bits per heavy atom. The fourth-order valence-electron chi connectivity index (χ4n) is 2.25. The molecule has 0 radical (unpaired) electrons. The molecule has 0 aliphatic carbocycles. The van der Waals surface area contributed by atoms with Crippen LogP contribution in [0.4, 0.5) is 11.4 Å². The summed E-state index contributed by atoms with van der Waals surface area (Å²) in [6, 6.07) is 7.33. The van der Waals surface area contributed by atoms with Crippen molar-refractivity contribution in [3.8, 4) is 11.5 Å². The molecule has 6 nitrogen and oxygen atoms in total. The van der Waals surface area contributed by atoms with Gasteiger partial charge in [-0.15, -0.1) is 10.2 Å². The fourth-order valence-corrected chi connectivity index (χ4v) is 3.23. The van der Waals surface area contributed by atoms with Gasteiger partial charge in [-0.25, -0.2) is 0 Å². The molecule has 3 aromatic rings. The van der Waals surface area contributed by atoms with Crippen LogP contribution in [0.5, 0.6) is 0 Å². The monoisotopic (exact) mass is 376 g/mol. The molecule has 1 amide bonds. The lowest BCUT2D eigenvalue weighted by Gasteiger charge is -2.15. The first-order valence-corrected chi connectivity index (χ1v) is 8.96. The zero-order valence-corrected chi connectivity index (χ0v) is 15.4. The molecule has 0 unspecified atom stereocenters. The minimum atomic E-state index is -0.135. The Morgan fingerprint density at radius 3 is 2.84 bits per heavy atom. The van der Waals surface area contributed by atoms with Crippen molar-refractivity contribution in [1.29, 1.82) is 0 Å². The van der Waals surface area contributed by atoms with E-state index in [0.29, 0.717) is 28.9 Å². The van der Waals surface area contributed by atoms with Crippen LogP contribution in [0.2, 0.25) is 5.02 Å². The number of carbonyl (C=O) groups excluding carboxylic acids is 1. The number of anilines is 2. The summed E-state index contributed by atoms with van der Waals surface area (Å²) >= 11 is 7.77. The van der Waals surface area contributed by atoms with E-state index in [2.05, 4.69) is 15.5 Å². The van der Waals surface area contributed by atoms with Crippen molar-refractivity contribution in [1.82, 2.24) is 10.2 Å². The second-order valence-electron chi connectivity index (χ2n) is 5.62. The molecular formula is C17H17ClN4O2S. The number of thiophene rings is 1. The van der Waals surface area contributed by atoms with Gasteiger partial charge in [0.25, 0.3) is 0 Å². The van der Waals surface area contributed by atoms with Gasteiger partial charge in [-0.05, 0) is 29.6 Å². The molecule has 1 N–H and O–H groups in total. The van der Waals surface area contributed by atoms with Crippen molar-refractivity contribution < 1.29 is 9.21 Å². The number of halogens is 1. The van der Waals surface area contributed by atoms with E-state index in [4.69, 9.17) is 16.0 Å². The van der Waals surface area contributed by atoms with Gasteiger partial charge in [0, 0.05) is 43.6 Å². The number of hydrogen-bond acceptors (Lipinski definition) is 6. The number of nitrogens with zero attached hydrogens (tertiary/aromatic N) is 3. The van der Waals surface area contributed by atoms with Gasteiger partial charge in [0.2, 0.25) is 17.7 Å². The highest BCUT2D eigenvalue weighted by Gasteiger charge is 2.11. The normalized spacial score (nSPS) is 10.7. The smallest absolute Gasteiger partial charge is 0.248 e. The summed E-state index contributed by atoms with van der Waals surface area (Å²) in [7, 11) is 3.82. The highest BCUT2D eigenvalue weighted by atomic mass is 35.5. The lowest BCUT2D eigenvalue weighted by Crippen LogP contribution is -2.13. The van der Waals surface area contributed by atoms with E-state index in [1.807, 2.05) is 48.0 Å². The van der Waals surface area contributed by atoms with Crippen molar-refractivity contribution in [3.05, 3.63) is 45.9 Å². The third-order valence-corrected chi connectivity index (χ3v) is 4.50. The zero-order valence-electron chi connectivity index (χ0n) is 13.8.